The Balaban J connectivity index is 1.77. The summed E-state index contributed by atoms with van der Waals surface area (Å²) in [5.41, 5.74) is 5.68. The van der Waals surface area contributed by atoms with Crippen molar-refractivity contribution in [2.75, 3.05) is 7.11 Å². The molecular formula is C19H20N4O2. The Morgan fingerprint density at radius 3 is 2.88 bits per heavy atom. The maximum absolute atomic E-state index is 12.3. The number of nitrogens with zero attached hydrogens (tertiary/aromatic N) is 3. The quantitative estimate of drug-likeness (QED) is 0.575. The Morgan fingerprint density at radius 2 is 2.12 bits per heavy atom. The summed E-state index contributed by atoms with van der Waals surface area (Å²) in [6.07, 6.45) is 1.56. The Hall–Kier alpha value is -3.15. The number of benzene rings is 2. The number of hydrogen-bond acceptors (Lipinski definition) is 4. The standard InChI is InChI=1S/C19H20N4O2/c1-4-23-13(2)21-16-11-14(9-10-17(16)23)19(24)22-20-12-15-7-5-6-8-18(15)25-3/h5-12H,4H2,1-3H3,(H,22,24). The van der Waals surface area contributed by atoms with Crippen LogP contribution in [0.2, 0.25) is 0 Å². The smallest absolute Gasteiger partial charge is 0.271 e. The number of rotatable bonds is 5. The fourth-order valence-electron chi connectivity index (χ4n) is 2.79. The van der Waals surface area contributed by atoms with E-state index in [1.165, 1.54) is 0 Å². The second-order valence-electron chi connectivity index (χ2n) is 5.55. The van der Waals surface area contributed by atoms with Crippen LogP contribution in [0.4, 0.5) is 0 Å². The number of fused-ring (bicyclic) bond motifs is 1. The molecule has 0 saturated heterocycles. The summed E-state index contributed by atoms with van der Waals surface area (Å²) in [6.45, 7) is 4.87. The second kappa shape index (κ2) is 7.17. The first-order valence-electron chi connectivity index (χ1n) is 8.07. The van der Waals surface area contributed by atoms with E-state index in [0.29, 0.717) is 11.3 Å². The highest BCUT2D eigenvalue weighted by molar-refractivity contribution is 5.98. The van der Waals surface area contributed by atoms with Crippen molar-refractivity contribution in [1.29, 1.82) is 0 Å². The first-order valence-corrected chi connectivity index (χ1v) is 8.07. The predicted molar refractivity (Wildman–Crippen MR) is 98.2 cm³/mol. The maximum Gasteiger partial charge on any atom is 0.271 e. The van der Waals surface area contributed by atoms with Crippen molar-refractivity contribution in [2.24, 2.45) is 5.10 Å². The number of aryl methyl sites for hydroxylation is 2. The largest absolute Gasteiger partial charge is 0.496 e. The fraction of sp³-hybridized carbons (Fsp3) is 0.211. The highest BCUT2D eigenvalue weighted by Gasteiger charge is 2.10. The van der Waals surface area contributed by atoms with Crippen LogP contribution in [0.25, 0.3) is 11.0 Å². The van der Waals surface area contributed by atoms with Gasteiger partial charge >= 0.3 is 0 Å². The molecule has 0 aliphatic carbocycles. The predicted octanol–water partition coefficient (Wildman–Crippen LogP) is 3.14. The van der Waals surface area contributed by atoms with Crippen LogP contribution in [0.1, 0.15) is 28.7 Å². The highest BCUT2D eigenvalue weighted by atomic mass is 16.5. The van der Waals surface area contributed by atoms with E-state index in [-0.39, 0.29) is 5.91 Å². The van der Waals surface area contributed by atoms with Gasteiger partial charge in [0, 0.05) is 17.7 Å². The fourth-order valence-corrected chi connectivity index (χ4v) is 2.79. The zero-order valence-corrected chi connectivity index (χ0v) is 14.5. The lowest BCUT2D eigenvalue weighted by Gasteiger charge is -2.04. The van der Waals surface area contributed by atoms with Gasteiger partial charge in [0.05, 0.1) is 24.4 Å². The van der Waals surface area contributed by atoms with E-state index < -0.39 is 0 Å². The summed E-state index contributed by atoms with van der Waals surface area (Å²) >= 11 is 0. The molecule has 0 fully saturated rings. The van der Waals surface area contributed by atoms with E-state index >= 15 is 0 Å². The average molecular weight is 336 g/mol. The van der Waals surface area contributed by atoms with Gasteiger partial charge in [0.2, 0.25) is 0 Å². The Labute approximate surface area is 146 Å². The summed E-state index contributed by atoms with van der Waals surface area (Å²) in [7, 11) is 1.60. The molecular weight excluding hydrogens is 316 g/mol. The van der Waals surface area contributed by atoms with Crippen LogP contribution in [0.5, 0.6) is 5.75 Å². The van der Waals surface area contributed by atoms with Crippen LogP contribution in [0, 0.1) is 6.92 Å². The number of para-hydroxylation sites is 1. The van der Waals surface area contributed by atoms with Gasteiger partial charge in [-0.1, -0.05) is 12.1 Å². The molecule has 1 N–H and O–H groups in total. The molecule has 0 aliphatic rings. The third-order valence-electron chi connectivity index (χ3n) is 4.03. The molecule has 6 heteroatoms. The van der Waals surface area contributed by atoms with Gasteiger partial charge in [-0.25, -0.2) is 10.4 Å². The zero-order valence-electron chi connectivity index (χ0n) is 14.5. The normalized spacial score (nSPS) is 11.2. The van der Waals surface area contributed by atoms with Crippen molar-refractivity contribution < 1.29 is 9.53 Å². The Kier molecular flexibility index (Phi) is 4.79. The number of hydrogen-bond donors (Lipinski definition) is 1. The van der Waals surface area contributed by atoms with E-state index in [1.807, 2.05) is 37.3 Å². The lowest BCUT2D eigenvalue weighted by atomic mass is 10.2. The van der Waals surface area contributed by atoms with Crippen LogP contribution in [-0.2, 0) is 6.54 Å². The summed E-state index contributed by atoms with van der Waals surface area (Å²) in [6, 6.07) is 12.9. The number of amides is 1. The van der Waals surface area contributed by atoms with E-state index in [2.05, 4.69) is 27.0 Å². The summed E-state index contributed by atoms with van der Waals surface area (Å²) < 4.78 is 7.35. The number of aromatic nitrogens is 2. The van der Waals surface area contributed by atoms with Gasteiger partial charge in [0.1, 0.15) is 11.6 Å². The zero-order chi connectivity index (χ0) is 17.8. The minimum Gasteiger partial charge on any atom is -0.496 e. The molecule has 128 valence electrons. The van der Waals surface area contributed by atoms with Crippen molar-refractivity contribution in [3.8, 4) is 5.75 Å². The van der Waals surface area contributed by atoms with Gasteiger partial charge in [-0.15, -0.1) is 0 Å². The van der Waals surface area contributed by atoms with Crippen molar-refractivity contribution >= 4 is 23.2 Å². The van der Waals surface area contributed by atoms with Gasteiger partial charge in [0.15, 0.2) is 0 Å². The van der Waals surface area contributed by atoms with Gasteiger partial charge in [-0.05, 0) is 44.2 Å². The molecule has 1 heterocycles. The van der Waals surface area contributed by atoms with Crippen LogP contribution in [-0.4, -0.2) is 28.8 Å². The van der Waals surface area contributed by atoms with E-state index in [4.69, 9.17) is 4.74 Å². The van der Waals surface area contributed by atoms with Gasteiger partial charge in [-0.2, -0.15) is 5.10 Å². The first-order chi connectivity index (χ1) is 12.1. The van der Waals surface area contributed by atoms with E-state index in [0.717, 1.165) is 29.0 Å². The van der Waals surface area contributed by atoms with Gasteiger partial charge in [-0.3, -0.25) is 4.79 Å². The second-order valence-corrected chi connectivity index (χ2v) is 5.55. The summed E-state index contributed by atoms with van der Waals surface area (Å²) in [4.78, 5) is 16.8. The molecule has 1 aromatic heterocycles. The monoisotopic (exact) mass is 336 g/mol. The molecule has 25 heavy (non-hydrogen) atoms. The summed E-state index contributed by atoms with van der Waals surface area (Å²) in [5, 5.41) is 4.02. The van der Waals surface area contributed by atoms with Gasteiger partial charge < -0.3 is 9.30 Å². The number of methoxy groups -OCH3 is 1. The number of nitrogens with one attached hydrogen (secondary N) is 1. The lowest BCUT2D eigenvalue weighted by molar-refractivity contribution is 0.0955. The highest BCUT2D eigenvalue weighted by Crippen LogP contribution is 2.18. The molecule has 2 aromatic carbocycles. The minimum absolute atomic E-state index is 0.281. The lowest BCUT2D eigenvalue weighted by Crippen LogP contribution is -2.17. The minimum atomic E-state index is -0.281. The molecule has 0 unspecified atom stereocenters. The summed E-state index contributed by atoms with van der Waals surface area (Å²) in [5.74, 6) is 1.35. The maximum atomic E-state index is 12.3. The van der Waals surface area contributed by atoms with Crippen molar-refractivity contribution in [2.45, 2.75) is 20.4 Å². The number of carbonyl (C=O) groups excluding carboxylic acids is 1. The van der Waals surface area contributed by atoms with Crippen molar-refractivity contribution in [3.05, 3.63) is 59.4 Å². The Bertz CT molecular complexity index is 944. The SMILES string of the molecule is CCn1c(C)nc2cc(C(=O)NN=Cc3ccccc3OC)ccc21. The van der Waals surface area contributed by atoms with E-state index in [9.17, 15) is 4.79 Å². The first kappa shape index (κ1) is 16.7. The van der Waals surface area contributed by atoms with Crippen LogP contribution < -0.4 is 10.2 Å². The molecule has 0 radical (unpaired) electrons. The number of imidazole rings is 1. The van der Waals surface area contributed by atoms with Crippen molar-refractivity contribution in [1.82, 2.24) is 15.0 Å². The molecule has 3 rings (SSSR count). The molecule has 6 nitrogen and oxygen atoms in total. The van der Waals surface area contributed by atoms with Crippen molar-refractivity contribution in [3.63, 3.8) is 0 Å². The number of ether oxygens (including phenoxy) is 1. The van der Waals surface area contributed by atoms with Gasteiger partial charge in [0.25, 0.3) is 5.91 Å². The van der Waals surface area contributed by atoms with Crippen LogP contribution >= 0.6 is 0 Å². The molecule has 0 saturated carbocycles. The molecule has 0 aliphatic heterocycles. The topological polar surface area (TPSA) is 68.5 Å². The molecule has 3 aromatic rings. The molecule has 0 atom stereocenters. The molecule has 0 bridgehead atoms. The van der Waals surface area contributed by atoms with E-state index in [1.54, 1.807) is 25.5 Å². The molecule has 1 amide bonds. The third kappa shape index (κ3) is 3.38. The number of hydrazone groups is 1. The van der Waals surface area contributed by atoms with Crippen LogP contribution in [0.15, 0.2) is 47.6 Å². The molecule has 0 spiro atoms. The number of carbonyl (C=O) groups is 1. The van der Waals surface area contributed by atoms with Crippen LogP contribution in [0.3, 0.4) is 0 Å². The third-order valence-corrected chi connectivity index (χ3v) is 4.03. The Morgan fingerprint density at radius 1 is 1.32 bits per heavy atom. The average Bonchev–Trinajstić information content (AvgIpc) is 2.96.